The molecule has 0 aliphatic carbocycles. The molecule has 2 aromatic rings. The summed E-state index contributed by atoms with van der Waals surface area (Å²) in [5, 5.41) is 19.4. The van der Waals surface area contributed by atoms with E-state index in [1.54, 1.807) is 12.1 Å². The Morgan fingerprint density at radius 3 is 2.48 bits per heavy atom. The number of para-hydroxylation sites is 1. The smallest absolute Gasteiger partial charge is 0.333 e. The van der Waals surface area contributed by atoms with Crippen molar-refractivity contribution in [2.75, 3.05) is 0 Å². The first kappa shape index (κ1) is 14.6. The maximum absolute atomic E-state index is 11.5. The standard InChI is InChI=1S/C14H14N4O3/c1-10(20)8-17-14(13(9-19)11(2)21)15-18(16-17)12-6-4-3-5-7-12/h3-7,9H,8H2,1-2H3. The molecule has 0 atom stereocenters. The molecule has 1 aromatic heterocycles. The minimum absolute atomic E-state index is 0.0627. The Labute approximate surface area is 121 Å². The Kier molecular flexibility index (Phi) is 4.22. The first-order valence-corrected chi connectivity index (χ1v) is 6.28. The van der Waals surface area contributed by atoms with Gasteiger partial charge < -0.3 is 5.11 Å². The van der Waals surface area contributed by atoms with Gasteiger partial charge in [0, 0.05) is 4.80 Å². The number of tetrazole rings is 1. The van der Waals surface area contributed by atoms with Gasteiger partial charge in [-0.05, 0) is 26.0 Å². The minimum Gasteiger partial charge on any atom is -0.877 e. The summed E-state index contributed by atoms with van der Waals surface area (Å²) in [5.74, 6) is -0.505. The van der Waals surface area contributed by atoms with Crippen molar-refractivity contribution in [3.8, 4) is 5.69 Å². The number of benzene rings is 1. The van der Waals surface area contributed by atoms with E-state index in [0.29, 0.717) is 11.9 Å². The van der Waals surface area contributed by atoms with Gasteiger partial charge in [-0.3, -0.25) is 9.59 Å². The van der Waals surface area contributed by atoms with Crippen molar-refractivity contribution >= 4 is 17.1 Å². The van der Waals surface area contributed by atoms with Crippen molar-refractivity contribution in [2.45, 2.75) is 20.4 Å². The van der Waals surface area contributed by atoms with Crippen LogP contribution in [0.3, 0.4) is 0 Å². The zero-order valence-corrected chi connectivity index (χ0v) is 11.7. The predicted octanol–water partition coefficient (Wildman–Crippen LogP) is -0.566. The fourth-order valence-electron chi connectivity index (χ4n) is 1.78. The SMILES string of the molecule is CC(=O)C[n+]1nn(-c2ccccc2)nc1/C(=C\[O-])C(C)=O. The third-order valence-electron chi connectivity index (χ3n) is 2.72. The number of nitrogens with zero attached hydrogens (tertiary/aromatic N) is 4. The van der Waals surface area contributed by atoms with E-state index in [-0.39, 0.29) is 23.7 Å². The van der Waals surface area contributed by atoms with Crippen LogP contribution in [0.25, 0.3) is 11.3 Å². The van der Waals surface area contributed by atoms with Crippen molar-refractivity contribution < 1.29 is 19.4 Å². The highest BCUT2D eigenvalue weighted by molar-refractivity contribution is 6.17. The first-order valence-electron chi connectivity index (χ1n) is 6.28. The van der Waals surface area contributed by atoms with E-state index in [1.165, 1.54) is 23.3 Å². The van der Waals surface area contributed by atoms with E-state index >= 15 is 0 Å². The lowest BCUT2D eigenvalue weighted by Crippen LogP contribution is -2.43. The topological polar surface area (TPSA) is 91.8 Å². The fourth-order valence-corrected chi connectivity index (χ4v) is 1.78. The molecule has 0 unspecified atom stereocenters. The van der Waals surface area contributed by atoms with Gasteiger partial charge in [0.05, 0.1) is 15.9 Å². The van der Waals surface area contributed by atoms with Crippen LogP contribution in [0.15, 0.2) is 36.6 Å². The Balaban J connectivity index is 2.55. The highest BCUT2D eigenvalue weighted by Crippen LogP contribution is 2.09. The summed E-state index contributed by atoms with van der Waals surface area (Å²) in [7, 11) is 0. The van der Waals surface area contributed by atoms with Crippen molar-refractivity contribution in [2.24, 2.45) is 0 Å². The third kappa shape index (κ3) is 3.19. The van der Waals surface area contributed by atoms with Crippen LogP contribution < -0.4 is 9.79 Å². The van der Waals surface area contributed by atoms with Crippen LogP contribution >= 0.6 is 0 Å². The Bertz CT molecular complexity index is 704. The van der Waals surface area contributed by atoms with Crippen molar-refractivity contribution in [1.29, 1.82) is 0 Å². The number of carbonyl (C=O) groups is 2. The summed E-state index contributed by atoms with van der Waals surface area (Å²) < 4.78 is 1.25. The lowest BCUT2D eigenvalue weighted by atomic mass is 10.2. The molecular formula is C14H14N4O3. The van der Waals surface area contributed by atoms with E-state index in [2.05, 4.69) is 10.3 Å². The van der Waals surface area contributed by atoms with Gasteiger partial charge in [0.15, 0.2) is 23.8 Å². The zero-order valence-electron chi connectivity index (χ0n) is 11.7. The van der Waals surface area contributed by atoms with Crippen LogP contribution in [-0.4, -0.2) is 26.7 Å². The van der Waals surface area contributed by atoms with E-state index < -0.39 is 5.78 Å². The highest BCUT2D eigenvalue weighted by Gasteiger charge is 2.26. The molecule has 0 fully saturated rings. The van der Waals surface area contributed by atoms with Gasteiger partial charge in [0.25, 0.3) is 0 Å². The van der Waals surface area contributed by atoms with Crippen molar-refractivity contribution in [1.82, 2.24) is 15.1 Å². The van der Waals surface area contributed by atoms with Gasteiger partial charge in [0.1, 0.15) is 0 Å². The lowest BCUT2D eigenvalue weighted by Gasteiger charge is -1.99. The van der Waals surface area contributed by atoms with Gasteiger partial charge in [-0.2, -0.15) is 0 Å². The molecule has 0 saturated heterocycles. The van der Waals surface area contributed by atoms with Crippen molar-refractivity contribution in [3.05, 3.63) is 42.4 Å². The maximum atomic E-state index is 11.5. The molecule has 21 heavy (non-hydrogen) atoms. The van der Waals surface area contributed by atoms with Crippen LogP contribution in [0, 0.1) is 0 Å². The summed E-state index contributed by atoms with van der Waals surface area (Å²) in [4.78, 5) is 24.1. The summed E-state index contributed by atoms with van der Waals surface area (Å²) in [6.45, 7) is 2.60. The molecule has 0 N–H and O–H groups in total. The molecule has 2 rings (SSSR count). The second-order valence-corrected chi connectivity index (χ2v) is 4.49. The van der Waals surface area contributed by atoms with E-state index in [0.717, 1.165) is 0 Å². The third-order valence-corrected chi connectivity index (χ3v) is 2.72. The number of hydrogen-bond donors (Lipinski definition) is 0. The van der Waals surface area contributed by atoms with E-state index in [4.69, 9.17) is 0 Å². The number of aromatic nitrogens is 4. The minimum atomic E-state index is -0.428. The Morgan fingerprint density at radius 2 is 1.95 bits per heavy atom. The van der Waals surface area contributed by atoms with Crippen molar-refractivity contribution in [3.63, 3.8) is 0 Å². The molecule has 0 saturated carbocycles. The number of rotatable bonds is 5. The van der Waals surface area contributed by atoms with Gasteiger partial charge in [-0.1, -0.05) is 18.2 Å². The van der Waals surface area contributed by atoms with Crippen LogP contribution in [0.2, 0.25) is 0 Å². The summed E-state index contributed by atoms with van der Waals surface area (Å²) in [6.07, 6.45) is 0.429. The van der Waals surface area contributed by atoms with Crippen LogP contribution in [0.4, 0.5) is 0 Å². The number of ketones is 2. The second kappa shape index (κ2) is 6.08. The zero-order chi connectivity index (χ0) is 15.4. The number of Topliss-reactive ketones (excluding diaryl/α,β-unsaturated/α-hetero) is 2. The molecule has 7 nitrogen and oxygen atoms in total. The molecule has 0 spiro atoms. The number of hydrogen-bond acceptors (Lipinski definition) is 5. The Hall–Kier alpha value is -2.83. The van der Waals surface area contributed by atoms with Crippen LogP contribution in [0.1, 0.15) is 19.7 Å². The largest absolute Gasteiger partial charge is 0.877 e. The van der Waals surface area contributed by atoms with Crippen LogP contribution in [0.5, 0.6) is 0 Å². The first-order chi connectivity index (χ1) is 10.0. The van der Waals surface area contributed by atoms with Gasteiger partial charge >= 0.3 is 5.82 Å². The number of allylic oxidation sites excluding steroid dienone is 1. The second-order valence-electron chi connectivity index (χ2n) is 4.49. The summed E-state index contributed by atoms with van der Waals surface area (Å²) in [5.41, 5.74) is 0.549. The lowest BCUT2D eigenvalue weighted by molar-refractivity contribution is -0.745. The fraction of sp³-hybridized carbons (Fsp3) is 0.214. The van der Waals surface area contributed by atoms with Crippen LogP contribution in [-0.2, 0) is 16.1 Å². The predicted molar refractivity (Wildman–Crippen MR) is 70.9 cm³/mol. The number of carbonyl (C=O) groups excluding carboxylic acids is 2. The van der Waals surface area contributed by atoms with E-state index in [1.807, 2.05) is 18.2 Å². The quantitative estimate of drug-likeness (QED) is 0.417. The molecule has 1 aromatic carbocycles. The summed E-state index contributed by atoms with van der Waals surface area (Å²) in [6, 6.07) is 9.01. The molecule has 0 aliphatic rings. The molecule has 0 amide bonds. The average molecular weight is 286 g/mol. The molecule has 0 bridgehead atoms. The Morgan fingerprint density at radius 1 is 1.29 bits per heavy atom. The molecular weight excluding hydrogens is 272 g/mol. The van der Waals surface area contributed by atoms with Gasteiger partial charge in [-0.25, -0.2) is 0 Å². The normalized spacial score (nSPS) is 11.4. The molecule has 7 heteroatoms. The molecule has 108 valence electrons. The molecule has 0 aliphatic heterocycles. The van der Waals surface area contributed by atoms with E-state index in [9.17, 15) is 14.7 Å². The monoisotopic (exact) mass is 286 g/mol. The highest BCUT2D eigenvalue weighted by atomic mass is 16.2. The van der Waals surface area contributed by atoms with Gasteiger partial charge in [0.2, 0.25) is 0 Å². The maximum Gasteiger partial charge on any atom is 0.333 e. The average Bonchev–Trinajstić information content (AvgIpc) is 2.83. The van der Waals surface area contributed by atoms with Gasteiger partial charge in [-0.15, -0.1) is 10.9 Å². The molecule has 0 radical (unpaired) electrons. The summed E-state index contributed by atoms with van der Waals surface area (Å²) >= 11 is 0. The molecule has 1 heterocycles.